The van der Waals surface area contributed by atoms with Crippen LogP contribution in [0.1, 0.15) is 12.5 Å². The standard InChI is InChI=1S/C11H9BrF3N/c1-3-7(2)16-8-4-5-10(12)9(6-8)11(13,14)15/h1,4-7,16H,2H3. The average Bonchev–Trinajstić information content (AvgIpc) is 2.19. The molecule has 0 bridgehead atoms. The van der Waals surface area contributed by atoms with E-state index < -0.39 is 11.7 Å². The smallest absolute Gasteiger partial charge is 0.372 e. The molecule has 86 valence electrons. The van der Waals surface area contributed by atoms with E-state index >= 15 is 0 Å². The maximum absolute atomic E-state index is 12.5. The van der Waals surface area contributed by atoms with Gasteiger partial charge in [-0.25, -0.2) is 0 Å². The van der Waals surface area contributed by atoms with Crippen molar-refractivity contribution in [2.75, 3.05) is 5.32 Å². The van der Waals surface area contributed by atoms with Gasteiger partial charge in [-0.3, -0.25) is 0 Å². The van der Waals surface area contributed by atoms with Crippen LogP contribution in [0.3, 0.4) is 0 Å². The molecule has 0 aliphatic carbocycles. The van der Waals surface area contributed by atoms with Crippen molar-refractivity contribution in [3.8, 4) is 12.3 Å². The van der Waals surface area contributed by atoms with Gasteiger partial charge in [0.1, 0.15) is 0 Å². The second-order valence-corrected chi connectivity index (χ2v) is 4.08. The molecule has 1 unspecified atom stereocenters. The van der Waals surface area contributed by atoms with Crippen LogP contribution in [-0.4, -0.2) is 6.04 Å². The molecular formula is C11H9BrF3N. The van der Waals surface area contributed by atoms with E-state index in [1.54, 1.807) is 6.92 Å². The Bertz CT molecular complexity index is 420. The summed E-state index contributed by atoms with van der Waals surface area (Å²) >= 11 is 2.86. The zero-order valence-corrected chi connectivity index (χ0v) is 9.98. The van der Waals surface area contributed by atoms with Gasteiger partial charge < -0.3 is 5.32 Å². The maximum atomic E-state index is 12.5. The normalized spacial score (nSPS) is 13.0. The number of rotatable bonds is 2. The molecule has 0 saturated carbocycles. The van der Waals surface area contributed by atoms with Gasteiger partial charge in [-0.05, 0) is 25.1 Å². The minimum atomic E-state index is -4.38. The Labute approximate surface area is 100 Å². The van der Waals surface area contributed by atoms with Crippen LogP contribution >= 0.6 is 15.9 Å². The molecule has 1 N–H and O–H groups in total. The van der Waals surface area contributed by atoms with Crippen LogP contribution in [0.15, 0.2) is 22.7 Å². The predicted octanol–water partition coefficient (Wildman–Crippen LogP) is 3.90. The number of hydrogen-bond acceptors (Lipinski definition) is 1. The van der Waals surface area contributed by atoms with Crippen molar-refractivity contribution >= 4 is 21.6 Å². The van der Waals surface area contributed by atoms with Crippen LogP contribution in [-0.2, 0) is 6.18 Å². The summed E-state index contributed by atoms with van der Waals surface area (Å²) in [4.78, 5) is 0. The van der Waals surface area contributed by atoms with Crippen LogP contribution in [0.5, 0.6) is 0 Å². The van der Waals surface area contributed by atoms with E-state index in [2.05, 4.69) is 27.2 Å². The number of benzene rings is 1. The van der Waals surface area contributed by atoms with Gasteiger partial charge in [-0.1, -0.05) is 21.9 Å². The zero-order valence-electron chi connectivity index (χ0n) is 8.40. The minimum Gasteiger partial charge on any atom is -0.372 e. The Kier molecular flexibility index (Phi) is 3.87. The Hall–Kier alpha value is -1.15. The summed E-state index contributed by atoms with van der Waals surface area (Å²) in [5.74, 6) is 2.38. The lowest BCUT2D eigenvalue weighted by molar-refractivity contribution is -0.138. The van der Waals surface area contributed by atoms with E-state index in [0.717, 1.165) is 6.07 Å². The topological polar surface area (TPSA) is 12.0 Å². The molecule has 0 spiro atoms. The number of nitrogens with one attached hydrogen (secondary N) is 1. The first-order valence-corrected chi connectivity index (χ1v) is 5.23. The van der Waals surface area contributed by atoms with Crippen molar-refractivity contribution in [1.82, 2.24) is 0 Å². The highest BCUT2D eigenvalue weighted by Crippen LogP contribution is 2.36. The Morgan fingerprint density at radius 1 is 1.44 bits per heavy atom. The third kappa shape index (κ3) is 3.17. The van der Waals surface area contributed by atoms with E-state index in [0.29, 0.717) is 5.69 Å². The lowest BCUT2D eigenvalue weighted by atomic mass is 10.2. The van der Waals surface area contributed by atoms with Crippen LogP contribution < -0.4 is 5.32 Å². The van der Waals surface area contributed by atoms with Gasteiger partial charge in [0, 0.05) is 10.2 Å². The summed E-state index contributed by atoms with van der Waals surface area (Å²) in [6.07, 6.45) is 0.751. The molecule has 1 rings (SSSR count). The predicted molar refractivity (Wildman–Crippen MR) is 61.1 cm³/mol. The second kappa shape index (κ2) is 4.79. The Morgan fingerprint density at radius 2 is 2.06 bits per heavy atom. The third-order valence-corrected chi connectivity index (χ3v) is 2.60. The molecule has 0 aliphatic heterocycles. The fourth-order valence-corrected chi connectivity index (χ4v) is 1.60. The quantitative estimate of drug-likeness (QED) is 0.815. The van der Waals surface area contributed by atoms with E-state index in [1.807, 2.05) is 0 Å². The first-order chi connectivity index (χ1) is 7.34. The molecule has 1 aromatic carbocycles. The number of alkyl halides is 3. The van der Waals surface area contributed by atoms with E-state index in [1.165, 1.54) is 12.1 Å². The molecule has 0 aliphatic rings. The molecule has 0 saturated heterocycles. The fraction of sp³-hybridized carbons (Fsp3) is 0.273. The molecule has 1 nitrogen and oxygen atoms in total. The number of halogens is 4. The maximum Gasteiger partial charge on any atom is 0.417 e. The molecule has 1 aromatic rings. The van der Waals surface area contributed by atoms with E-state index in [-0.39, 0.29) is 10.5 Å². The van der Waals surface area contributed by atoms with Gasteiger partial charge in [0.05, 0.1) is 11.6 Å². The summed E-state index contributed by atoms with van der Waals surface area (Å²) in [6.45, 7) is 1.69. The number of anilines is 1. The van der Waals surface area contributed by atoms with Crippen molar-refractivity contribution in [2.24, 2.45) is 0 Å². The van der Waals surface area contributed by atoms with Crippen molar-refractivity contribution in [2.45, 2.75) is 19.1 Å². The Morgan fingerprint density at radius 3 is 2.56 bits per heavy atom. The van der Waals surface area contributed by atoms with Crippen molar-refractivity contribution in [3.05, 3.63) is 28.2 Å². The summed E-state index contributed by atoms with van der Waals surface area (Å²) in [6, 6.07) is 3.58. The summed E-state index contributed by atoms with van der Waals surface area (Å²) in [5, 5.41) is 2.77. The summed E-state index contributed by atoms with van der Waals surface area (Å²) in [7, 11) is 0. The highest BCUT2D eigenvalue weighted by atomic mass is 79.9. The van der Waals surface area contributed by atoms with Gasteiger partial charge in [0.2, 0.25) is 0 Å². The van der Waals surface area contributed by atoms with Gasteiger partial charge in [0.15, 0.2) is 0 Å². The summed E-state index contributed by atoms with van der Waals surface area (Å²) in [5.41, 5.74) is -0.373. The molecule has 0 aromatic heterocycles. The van der Waals surface area contributed by atoms with Crippen LogP contribution in [0, 0.1) is 12.3 Å². The molecule has 0 radical (unpaired) electrons. The first kappa shape index (κ1) is 12.9. The second-order valence-electron chi connectivity index (χ2n) is 3.23. The van der Waals surface area contributed by atoms with Crippen molar-refractivity contribution < 1.29 is 13.2 Å². The lowest BCUT2D eigenvalue weighted by Crippen LogP contribution is -2.13. The molecule has 0 heterocycles. The van der Waals surface area contributed by atoms with Crippen LogP contribution in [0.2, 0.25) is 0 Å². The largest absolute Gasteiger partial charge is 0.417 e. The highest BCUT2D eigenvalue weighted by molar-refractivity contribution is 9.10. The van der Waals surface area contributed by atoms with Crippen molar-refractivity contribution in [3.63, 3.8) is 0 Å². The third-order valence-electron chi connectivity index (χ3n) is 1.90. The number of terminal acetylenes is 1. The number of hydrogen-bond donors (Lipinski definition) is 1. The SMILES string of the molecule is C#CC(C)Nc1ccc(Br)c(C(F)(F)F)c1. The molecule has 16 heavy (non-hydrogen) atoms. The first-order valence-electron chi connectivity index (χ1n) is 4.44. The molecule has 5 heteroatoms. The highest BCUT2D eigenvalue weighted by Gasteiger charge is 2.33. The lowest BCUT2D eigenvalue weighted by Gasteiger charge is -2.13. The molecule has 0 amide bonds. The Balaban J connectivity index is 3.04. The average molecular weight is 292 g/mol. The van der Waals surface area contributed by atoms with Gasteiger partial charge >= 0.3 is 6.18 Å². The van der Waals surface area contributed by atoms with Gasteiger partial charge in [0.25, 0.3) is 0 Å². The van der Waals surface area contributed by atoms with E-state index in [9.17, 15) is 13.2 Å². The fourth-order valence-electron chi connectivity index (χ4n) is 1.12. The summed E-state index contributed by atoms with van der Waals surface area (Å²) < 4.78 is 37.7. The minimum absolute atomic E-state index is 0.0129. The van der Waals surface area contributed by atoms with Crippen molar-refractivity contribution in [1.29, 1.82) is 0 Å². The van der Waals surface area contributed by atoms with Crippen LogP contribution in [0.4, 0.5) is 18.9 Å². The van der Waals surface area contributed by atoms with Gasteiger partial charge in [-0.15, -0.1) is 6.42 Å². The van der Waals surface area contributed by atoms with Gasteiger partial charge in [-0.2, -0.15) is 13.2 Å². The monoisotopic (exact) mass is 291 g/mol. The molecular weight excluding hydrogens is 283 g/mol. The van der Waals surface area contributed by atoms with Crippen LogP contribution in [0.25, 0.3) is 0 Å². The molecule has 0 fully saturated rings. The van der Waals surface area contributed by atoms with E-state index in [4.69, 9.17) is 6.42 Å². The zero-order chi connectivity index (χ0) is 12.3. The molecule has 1 atom stereocenters.